The van der Waals surface area contributed by atoms with Gasteiger partial charge in [-0.2, -0.15) is 0 Å². The third-order valence-electron chi connectivity index (χ3n) is 2.81. The molecule has 0 bridgehead atoms. The summed E-state index contributed by atoms with van der Waals surface area (Å²) in [5.41, 5.74) is 0. The molecule has 0 aromatic heterocycles. The van der Waals surface area contributed by atoms with Gasteiger partial charge in [-0.3, -0.25) is 14.4 Å². The maximum absolute atomic E-state index is 11.9. The topological polar surface area (TPSA) is 86.7 Å². The third kappa shape index (κ3) is 5.65. The number of nitrogens with zero attached hydrogens (tertiary/aromatic N) is 1. The molecule has 6 heteroatoms. The molecule has 0 saturated heterocycles. The van der Waals surface area contributed by atoms with Crippen LogP contribution >= 0.6 is 0 Å². The Bertz CT molecular complexity index is 326. The lowest BCUT2D eigenvalue weighted by atomic mass is 10.2. The zero-order valence-electron chi connectivity index (χ0n) is 10.6. The molecule has 0 aromatic carbocycles. The second-order valence-corrected chi connectivity index (χ2v) is 4.58. The molecule has 1 rings (SSSR count). The van der Waals surface area contributed by atoms with E-state index in [2.05, 4.69) is 5.32 Å². The fourth-order valence-corrected chi connectivity index (χ4v) is 1.69. The van der Waals surface area contributed by atoms with Crippen LogP contribution in [0.15, 0.2) is 0 Å². The lowest BCUT2D eigenvalue weighted by Gasteiger charge is -2.22. The Hall–Kier alpha value is -1.59. The molecule has 1 aliphatic carbocycles. The molecule has 0 heterocycles. The summed E-state index contributed by atoms with van der Waals surface area (Å²) in [6.07, 6.45) is 2.44. The van der Waals surface area contributed by atoms with Crippen molar-refractivity contribution in [1.29, 1.82) is 0 Å². The van der Waals surface area contributed by atoms with Crippen LogP contribution in [0.5, 0.6) is 0 Å². The predicted molar refractivity (Wildman–Crippen MR) is 64.9 cm³/mol. The van der Waals surface area contributed by atoms with Crippen molar-refractivity contribution in [3.05, 3.63) is 0 Å². The van der Waals surface area contributed by atoms with Crippen molar-refractivity contribution in [3.63, 3.8) is 0 Å². The molecule has 2 N–H and O–H groups in total. The minimum atomic E-state index is -0.898. The van der Waals surface area contributed by atoms with Gasteiger partial charge in [0.25, 0.3) is 0 Å². The number of carboxylic acids is 1. The minimum Gasteiger partial charge on any atom is -0.481 e. The lowest BCUT2D eigenvalue weighted by Crippen LogP contribution is -2.36. The molecule has 18 heavy (non-hydrogen) atoms. The number of carbonyl (C=O) groups is 3. The molecule has 0 aliphatic heterocycles. The number of amides is 2. The quantitative estimate of drug-likeness (QED) is 0.608. The summed E-state index contributed by atoms with van der Waals surface area (Å²) in [4.78, 5) is 34.7. The Morgan fingerprint density at radius 1 is 1.28 bits per heavy atom. The molecule has 1 aliphatic rings. The normalized spacial score (nSPS) is 14.1. The first-order chi connectivity index (χ1) is 8.50. The van der Waals surface area contributed by atoms with E-state index in [1.165, 1.54) is 6.92 Å². The predicted octanol–water partition coefficient (Wildman–Crippen LogP) is 0.226. The highest BCUT2D eigenvalue weighted by Gasteiger charge is 2.33. The molecule has 1 fully saturated rings. The molecule has 0 radical (unpaired) electrons. The van der Waals surface area contributed by atoms with Crippen LogP contribution < -0.4 is 5.32 Å². The van der Waals surface area contributed by atoms with Crippen molar-refractivity contribution >= 4 is 17.8 Å². The second-order valence-electron chi connectivity index (χ2n) is 4.58. The maximum atomic E-state index is 11.9. The van der Waals surface area contributed by atoms with E-state index in [1.807, 2.05) is 0 Å². The summed E-state index contributed by atoms with van der Waals surface area (Å²) in [7, 11) is 0. The summed E-state index contributed by atoms with van der Waals surface area (Å²) in [5, 5.41) is 11.3. The van der Waals surface area contributed by atoms with Crippen LogP contribution in [-0.2, 0) is 14.4 Å². The van der Waals surface area contributed by atoms with E-state index < -0.39 is 5.97 Å². The van der Waals surface area contributed by atoms with Crippen molar-refractivity contribution in [2.75, 3.05) is 19.6 Å². The Morgan fingerprint density at radius 3 is 2.44 bits per heavy atom. The first-order valence-corrected chi connectivity index (χ1v) is 6.25. The van der Waals surface area contributed by atoms with Gasteiger partial charge < -0.3 is 15.3 Å². The van der Waals surface area contributed by atoms with E-state index in [-0.39, 0.29) is 30.7 Å². The Balaban J connectivity index is 2.31. The fraction of sp³-hybridized carbons (Fsp3) is 0.750. The summed E-state index contributed by atoms with van der Waals surface area (Å²) >= 11 is 0. The van der Waals surface area contributed by atoms with Crippen molar-refractivity contribution in [2.24, 2.45) is 5.92 Å². The molecule has 102 valence electrons. The first kappa shape index (κ1) is 14.5. The van der Waals surface area contributed by atoms with E-state index >= 15 is 0 Å². The van der Waals surface area contributed by atoms with Crippen molar-refractivity contribution in [2.45, 2.75) is 32.6 Å². The van der Waals surface area contributed by atoms with Gasteiger partial charge in [-0.25, -0.2) is 0 Å². The zero-order valence-corrected chi connectivity index (χ0v) is 10.6. The number of carboxylic acid groups (broad SMARTS) is 1. The summed E-state index contributed by atoms with van der Waals surface area (Å²) in [5.74, 6) is -0.843. The molecule has 2 amide bonds. The Kier molecular flexibility index (Phi) is 5.61. The van der Waals surface area contributed by atoms with Crippen LogP contribution in [0.25, 0.3) is 0 Å². The van der Waals surface area contributed by atoms with E-state index in [1.54, 1.807) is 4.90 Å². The van der Waals surface area contributed by atoms with Crippen molar-refractivity contribution in [1.82, 2.24) is 10.2 Å². The first-order valence-electron chi connectivity index (χ1n) is 6.25. The number of rotatable bonds is 8. The van der Waals surface area contributed by atoms with Crippen LogP contribution in [0.2, 0.25) is 0 Å². The Labute approximate surface area is 106 Å². The largest absolute Gasteiger partial charge is 0.481 e. The lowest BCUT2D eigenvalue weighted by molar-refractivity contribution is -0.138. The molecule has 6 nitrogen and oxygen atoms in total. The molecular weight excluding hydrogens is 236 g/mol. The third-order valence-corrected chi connectivity index (χ3v) is 2.81. The Morgan fingerprint density at radius 2 is 1.94 bits per heavy atom. The number of carbonyl (C=O) groups excluding carboxylic acids is 2. The smallest absolute Gasteiger partial charge is 0.305 e. The van der Waals surface area contributed by atoms with Crippen molar-refractivity contribution in [3.8, 4) is 0 Å². The highest BCUT2D eigenvalue weighted by Crippen LogP contribution is 2.31. The second kappa shape index (κ2) is 6.98. The fourth-order valence-electron chi connectivity index (χ4n) is 1.69. The minimum absolute atomic E-state index is 0.0292. The number of hydrogen-bond donors (Lipinski definition) is 2. The average Bonchev–Trinajstić information content (AvgIpc) is 3.10. The highest BCUT2D eigenvalue weighted by molar-refractivity contribution is 5.81. The highest BCUT2D eigenvalue weighted by atomic mass is 16.4. The van der Waals surface area contributed by atoms with Gasteiger partial charge in [0, 0.05) is 32.5 Å². The number of hydrogen-bond acceptors (Lipinski definition) is 3. The molecule has 0 spiro atoms. The van der Waals surface area contributed by atoms with Crippen LogP contribution in [0.1, 0.15) is 32.6 Å². The van der Waals surface area contributed by atoms with Gasteiger partial charge in [0.05, 0.1) is 6.42 Å². The molecule has 0 aromatic rings. The van der Waals surface area contributed by atoms with Crippen LogP contribution in [0, 0.1) is 5.92 Å². The van der Waals surface area contributed by atoms with Gasteiger partial charge in [-0.05, 0) is 19.3 Å². The summed E-state index contributed by atoms with van der Waals surface area (Å²) in [6.45, 7) is 2.71. The SMILES string of the molecule is CC(=O)NCCCN(CCC(=O)O)C(=O)C1CC1. The monoisotopic (exact) mass is 256 g/mol. The number of nitrogens with one attached hydrogen (secondary N) is 1. The van der Waals surface area contributed by atoms with E-state index in [0.717, 1.165) is 12.8 Å². The van der Waals surface area contributed by atoms with Gasteiger partial charge in [0.1, 0.15) is 0 Å². The van der Waals surface area contributed by atoms with Gasteiger partial charge in [0.15, 0.2) is 0 Å². The molecular formula is C12H20N2O4. The van der Waals surface area contributed by atoms with Gasteiger partial charge in [-0.15, -0.1) is 0 Å². The zero-order chi connectivity index (χ0) is 13.5. The van der Waals surface area contributed by atoms with Crippen LogP contribution in [0.3, 0.4) is 0 Å². The van der Waals surface area contributed by atoms with Gasteiger partial charge in [-0.1, -0.05) is 0 Å². The number of aliphatic carboxylic acids is 1. The maximum Gasteiger partial charge on any atom is 0.305 e. The van der Waals surface area contributed by atoms with Crippen molar-refractivity contribution < 1.29 is 19.5 Å². The summed E-state index contributed by atoms with van der Waals surface area (Å²) < 4.78 is 0. The van der Waals surface area contributed by atoms with Crippen LogP contribution in [0.4, 0.5) is 0 Å². The van der Waals surface area contributed by atoms with Gasteiger partial charge >= 0.3 is 5.97 Å². The molecule has 1 saturated carbocycles. The molecule has 0 atom stereocenters. The van der Waals surface area contributed by atoms with E-state index in [9.17, 15) is 14.4 Å². The van der Waals surface area contributed by atoms with E-state index in [0.29, 0.717) is 19.5 Å². The standard InChI is InChI=1S/C12H20N2O4/c1-9(15)13-6-2-7-14(8-5-11(16)17)12(18)10-3-4-10/h10H,2-8H2,1H3,(H,13,15)(H,16,17). The average molecular weight is 256 g/mol. The van der Waals surface area contributed by atoms with Gasteiger partial charge in [0.2, 0.25) is 11.8 Å². The molecule has 0 unspecified atom stereocenters. The summed E-state index contributed by atoms with van der Waals surface area (Å²) in [6, 6.07) is 0. The van der Waals surface area contributed by atoms with E-state index in [4.69, 9.17) is 5.11 Å². The van der Waals surface area contributed by atoms with Crippen LogP contribution in [-0.4, -0.2) is 47.4 Å².